The second-order valence-electron chi connectivity index (χ2n) is 7.16. The third-order valence-electron chi connectivity index (χ3n) is 4.97. The topological polar surface area (TPSA) is 79.6 Å². The molecule has 158 valence electrons. The molecule has 2 aromatic rings. The molecule has 1 aliphatic heterocycles. The standard InChI is InChI=1S/C20H30FN7O/c1-22-20(23-11-6-12-27(2)17-8-5-4-7-16(17)21)24-15-9-10-19-25-18(14-29-3)26-28(19)13-15/h4-5,7-8,15H,6,9-14H2,1-3H3,(H2,22,23,24). The number of benzene rings is 1. The van der Waals surface area contributed by atoms with Crippen molar-refractivity contribution in [3.05, 3.63) is 41.7 Å². The van der Waals surface area contributed by atoms with Crippen molar-refractivity contribution >= 4 is 11.6 Å². The lowest BCUT2D eigenvalue weighted by Gasteiger charge is -2.25. The Kier molecular flexibility index (Phi) is 7.40. The number of nitrogens with one attached hydrogen (secondary N) is 2. The molecule has 0 aliphatic carbocycles. The predicted octanol–water partition coefficient (Wildman–Crippen LogP) is 1.57. The molecule has 1 aromatic heterocycles. The smallest absolute Gasteiger partial charge is 0.191 e. The van der Waals surface area contributed by atoms with Crippen LogP contribution in [0.1, 0.15) is 24.5 Å². The molecule has 0 spiro atoms. The van der Waals surface area contributed by atoms with Crippen molar-refractivity contribution in [2.45, 2.75) is 38.5 Å². The van der Waals surface area contributed by atoms with Crippen molar-refractivity contribution in [2.75, 3.05) is 39.2 Å². The average molecular weight is 404 g/mol. The summed E-state index contributed by atoms with van der Waals surface area (Å²) in [6.45, 7) is 2.68. The van der Waals surface area contributed by atoms with Gasteiger partial charge in [0.1, 0.15) is 18.2 Å². The van der Waals surface area contributed by atoms with Crippen molar-refractivity contribution in [3.63, 3.8) is 0 Å². The van der Waals surface area contributed by atoms with Crippen LogP contribution in [0, 0.1) is 5.82 Å². The third kappa shape index (κ3) is 5.66. The van der Waals surface area contributed by atoms with Gasteiger partial charge in [-0.15, -0.1) is 0 Å². The van der Waals surface area contributed by atoms with E-state index in [9.17, 15) is 4.39 Å². The van der Waals surface area contributed by atoms with E-state index in [0.717, 1.165) is 56.5 Å². The van der Waals surface area contributed by atoms with Gasteiger partial charge in [-0.1, -0.05) is 12.1 Å². The molecule has 0 bridgehead atoms. The highest BCUT2D eigenvalue weighted by Crippen LogP contribution is 2.17. The van der Waals surface area contributed by atoms with Gasteiger partial charge in [-0.3, -0.25) is 4.99 Å². The van der Waals surface area contributed by atoms with Crippen molar-refractivity contribution in [1.82, 2.24) is 25.4 Å². The number of nitrogens with zero attached hydrogens (tertiary/aromatic N) is 5. The Morgan fingerprint density at radius 3 is 3.00 bits per heavy atom. The van der Waals surface area contributed by atoms with Crippen LogP contribution in [0.25, 0.3) is 0 Å². The van der Waals surface area contributed by atoms with Crippen molar-refractivity contribution in [2.24, 2.45) is 4.99 Å². The number of methoxy groups -OCH3 is 1. The molecule has 2 N–H and O–H groups in total. The summed E-state index contributed by atoms with van der Waals surface area (Å²) in [4.78, 5) is 10.8. The summed E-state index contributed by atoms with van der Waals surface area (Å²) in [7, 11) is 5.32. The van der Waals surface area contributed by atoms with Crippen LogP contribution in [0.2, 0.25) is 0 Å². The summed E-state index contributed by atoms with van der Waals surface area (Å²) in [6.07, 6.45) is 2.71. The van der Waals surface area contributed by atoms with Gasteiger partial charge in [-0.2, -0.15) is 5.10 Å². The third-order valence-corrected chi connectivity index (χ3v) is 4.97. The van der Waals surface area contributed by atoms with Gasteiger partial charge in [0, 0.05) is 46.8 Å². The summed E-state index contributed by atoms with van der Waals surface area (Å²) in [5, 5.41) is 11.3. The van der Waals surface area contributed by atoms with Gasteiger partial charge in [0.2, 0.25) is 0 Å². The minimum Gasteiger partial charge on any atom is -0.377 e. The molecule has 0 fully saturated rings. The molecule has 1 aromatic carbocycles. The van der Waals surface area contributed by atoms with Gasteiger partial charge in [-0.25, -0.2) is 14.1 Å². The Morgan fingerprint density at radius 1 is 1.41 bits per heavy atom. The fourth-order valence-corrected chi connectivity index (χ4v) is 3.46. The monoisotopic (exact) mass is 403 g/mol. The maximum absolute atomic E-state index is 13.8. The molecule has 1 aliphatic rings. The van der Waals surface area contributed by atoms with E-state index < -0.39 is 0 Å². The fraction of sp³-hybridized carbons (Fsp3) is 0.550. The quantitative estimate of drug-likeness (QED) is 0.396. The zero-order valence-electron chi connectivity index (χ0n) is 17.4. The summed E-state index contributed by atoms with van der Waals surface area (Å²) in [5.74, 6) is 2.31. The number of anilines is 1. The molecule has 1 unspecified atom stereocenters. The minimum absolute atomic E-state index is 0.195. The molecular formula is C20H30FN7O. The molecule has 1 atom stereocenters. The minimum atomic E-state index is -0.195. The largest absolute Gasteiger partial charge is 0.377 e. The molecule has 2 heterocycles. The van der Waals surface area contributed by atoms with Crippen LogP contribution >= 0.6 is 0 Å². The highest BCUT2D eigenvalue weighted by Gasteiger charge is 2.22. The molecule has 0 amide bonds. The second-order valence-corrected chi connectivity index (χ2v) is 7.16. The van der Waals surface area contributed by atoms with Gasteiger partial charge in [0.25, 0.3) is 0 Å². The summed E-state index contributed by atoms with van der Waals surface area (Å²) in [5.41, 5.74) is 0.619. The van der Waals surface area contributed by atoms with E-state index in [0.29, 0.717) is 12.3 Å². The van der Waals surface area contributed by atoms with Crippen LogP contribution in [0.5, 0.6) is 0 Å². The van der Waals surface area contributed by atoms with Crippen LogP contribution in [0.4, 0.5) is 10.1 Å². The average Bonchev–Trinajstić information content (AvgIpc) is 3.12. The first kappa shape index (κ1) is 21.0. The number of aromatic nitrogens is 3. The lowest BCUT2D eigenvalue weighted by molar-refractivity contribution is 0.177. The number of guanidine groups is 1. The lowest BCUT2D eigenvalue weighted by atomic mass is 10.1. The number of rotatable bonds is 8. The van der Waals surface area contributed by atoms with Crippen molar-refractivity contribution < 1.29 is 9.13 Å². The first-order valence-electron chi connectivity index (χ1n) is 9.95. The van der Waals surface area contributed by atoms with Gasteiger partial charge < -0.3 is 20.3 Å². The predicted molar refractivity (Wildman–Crippen MR) is 112 cm³/mol. The zero-order valence-corrected chi connectivity index (χ0v) is 17.4. The second kappa shape index (κ2) is 10.2. The van der Waals surface area contributed by atoms with Crippen LogP contribution in [-0.4, -0.2) is 61.1 Å². The van der Waals surface area contributed by atoms with E-state index in [-0.39, 0.29) is 11.9 Å². The number of halogens is 1. The summed E-state index contributed by atoms with van der Waals surface area (Å²) in [6, 6.07) is 7.08. The Labute approximate surface area is 171 Å². The SMILES string of the molecule is CN=C(NCCCN(C)c1ccccc1F)NC1CCc2nc(COC)nn2C1. The highest BCUT2D eigenvalue weighted by molar-refractivity contribution is 5.79. The van der Waals surface area contributed by atoms with E-state index in [2.05, 4.69) is 25.7 Å². The Hall–Kier alpha value is -2.68. The molecule has 0 saturated heterocycles. The molecule has 3 rings (SSSR count). The number of fused-ring (bicyclic) bond motifs is 1. The van der Waals surface area contributed by atoms with Gasteiger partial charge in [0.05, 0.1) is 12.2 Å². The van der Waals surface area contributed by atoms with Gasteiger partial charge >= 0.3 is 0 Å². The first-order chi connectivity index (χ1) is 14.1. The molecule has 29 heavy (non-hydrogen) atoms. The summed E-state index contributed by atoms with van der Waals surface area (Å²) >= 11 is 0. The van der Waals surface area contributed by atoms with Gasteiger partial charge in [-0.05, 0) is 25.0 Å². The van der Waals surface area contributed by atoms with E-state index in [1.54, 1.807) is 26.3 Å². The molecular weight excluding hydrogens is 373 g/mol. The van der Waals surface area contributed by atoms with E-state index in [1.807, 2.05) is 22.7 Å². The maximum atomic E-state index is 13.8. The lowest BCUT2D eigenvalue weighted by Crippen LogP contribution is -2.47. The van der Waals surface area contributed by atoms with Crippen molar-refractivity contribution in [3.8, 4) is 0 Å². The Morgan fingerprint density at radius 2 is 2.24 bits per heavy atom. The van der Waals surface area contributed by atoms with Crippen LogP contribution in [-0.2, 0) is 24.3 Å². The Balaban J connectivity index is 1.42. The molecule has 9 heteroatoms. The molecule has 0 saturated carbocycles. The van der Waals surface area contributed by atoms with Crippen LogP contribution in [0.15, 0.2) is 29.3 Å². The summed E-state index contributed by atoms with van der Waals surface area (Å²) < 4.78 is 20.9. The Bertz CT molecular complexity index is 823. The number of para-hydroxylation sites is 1. The van der Waals surface area contributed by atoms with Gasteiger partial charge in [0.15, 0.2) is 11.8 Å². The fourth-order valence-electron chi connectivity index (χ4n) is 3.46. The first-order valence-corrected chi connectivity index (χ1v) is 9.95. The van der Waals surface area contributed by atoms with E-state index >= 15 is 0 Å². The van der Waals surface area contributed by atoms with Crippen molar-refractivity contribution in [1.29, 1.82) is 0 Å². The van der Waals surface area contributed by atoms with Crippen LogP contribution < -0.4 is 15.5 Å². The highest BCUT2D eigenvalue weighted by atomic mass is 19.1. The number of ether oxygens (including phenoxy) is 1. The normalized spacial score (nSPS) is 16.4. The maximum Gasteiger partial charge on any atom is 0.191 e. The molecule has 8 nitrogen and oxygen atoms in total. The zero-order chi connectivity index (χ0) is 20.6. The van der Waals surface area contributed by atoms with E-state index in [4.69, 9.17) is 4.74 Å². The number of aliphatic imine (C=N–C) groups is 1. The van der Waals surface area contributed by atoms with Crippen LogP contribution in [0.3, 0.4) is 0 Å². The van der Waals surface area contributed by atoms with E-state index in [1.165, 1.54) is 6.07 Å². The number of aryl methyl sites for hydroxylation is 1. The number of hydrogen-bond donors (Lipinski definition) is 2. The molecule has 0 radical (unpaired) electrons. The number of hydrogen-bond acceptors (Lipinski definition) is 5.